The van der Waals surface area contributed by atoms with Gasteiger partial charge in [-0.15, -0.1) is 0 Å². The van der Waals surface area contributed by atoms with Crippen molar-refractivity contribution >= 4 is 28.4 Å². The number of benzene rings is 2. The third-order valence-corrected chi connectivity index (χ3v) is 5.00. The summed E-state index contributed by atoms with van der Waals surface area (Å²) in [6.07, 6.45) is 1.66. The Morgan fingerprint density at radius 3 is 2.48 bits per heavy atom. The molecule has 6 nitrogen and oxygen atoms in total. The van der Waals surface area contributed by atoms with Crippen LogP contribution in [-0.4, -0.2) is 47.0 Å². The Hall–Kier alpha value is -3.25. The number of amides is 2. The third-order valence-electron chi connectivity index (χ3n) is 5.00. The van der Waals surface area contributed by atoms with Crippen molar-refractivity contribution in [3.05, 3.63) is 71.9 Å². The largest absolute Gasteiger partial charge is 0.372 e. The number of anilines is 1. The number of morpholine rings is 1. The Balaban J connectivity index is 1.62. The van der Waals surface area contributed by atoms with Crippen LogP contribution in [0.25, 0.3) is 10.9 Å². The predicted molar refractivity (Wildman–Crippen MR) is 112 cm³/mol. The van der Waals surface area contributed by atoms with E-state index in [1.807, 2.05) is 32.0 Å². The van der Waals surface area contributed by atoms with E-state index in [9.17, 15) is 9.59 Å². The molecule has 148 valence electrons. The fraction of sp³-hybridized carbons (Fsp3) is 0.261. The summed E-state index contributed by atoms with van der Waals surface area (Å²) in [5.41, 5.74) is 2.24. The third kappa shape index (κ3) is 3.98. The highest BCUT2D eigenvalue weighted by atomic mass is 16.5. The van der Waals surface area contributed by atoms with Crippen molar-refractivity contribution in [3.8, 4) is 0 Å². The molecule has 0 radical (unpaired) electrons. The van der Waals surface area contributed by atoms with Crippen molar-refractivity contribution in [1.82, 2.24) is 9.88 Å². The van der Waals surface area contributed by atoms with Crippen LogP contribution in [0.15, 0.2) is 60.8 Å². The van der Waals surface area contributed by atoms with Crippen molar-refractivity contribution in [2.45, 2.75) is 26.1 Å². The second-order valence-electron chi connectivity index (χ2n) is 7.34. The highest BCUT2D eigenvalue weighted by Crippen LogP contribution is 2.23. The molecule has 2 amide bonds. The molecule has 2 aromatic carbocycles. The maximum absolute atomic E-state index is 13.2. The molecule has 1 fully saturated rings. The van der Waals surface area contributed by atoms with E-state index in [0.29, 0.717) is 29.9 Å². The molecule has 1 N–H and O–H groups in total. The first-order valence-corrected chi connectivity index (χ1v) is 9.72. The van der Waals surface area contributed by atoms with E-state index < -0.39 is 0 Å². The highest BCUT2D eigenvalue weighted by Gasteiger charge is 2.28. The molecule has 1 saturated heterocycles. The first kappa shape index (κ1) is 19.1. The van der Waals surface area contributed by atoms with E-state index in [-0.39, 0.29) is 24.0 Å². The number of hydrogen-bond acceptors (Lipinski definition) is 4. The Labute approximate surface area is 169 Å². The van der Waals surface area contributed by atoms with Crippen LogP contribution in [-0.2, 0) is 4.74 Å². The summed E-state index contributed by atoms with van der Waals surface area (Å²) >= 11 is 0. The topological polar surface area (TPSA) is 71.5 Å². The molecule has 29 heavy (non-hydrogen) atoms. The first-order chi connectivity index (χ1) is 14.0. The van der Waals surface area contributed by atoms with Crippen LogP contribution in [0.3, 0.4) is 0 Å². The summed E-state index contributed by atoms with van der Waals surface area (Å²) in [6.45, 7) is 4.97. The quantitative estimate of drug-likeness (QED) is 0.741. The molecule has 3 aromatic rings. The van der Waals surface area contributed by atoms with Gasteiger partial charge in [-0.25, -0.2) is 0 Å². The molecular weight excluding hydrogens is 366 g/mol. The van der Waals surface area contributed by atoms with Gasteiger partial charge in [0.2, 0.25) is 0 Å². The van der Waals surface area contributed by atoms with Crippen molar-refractivity contribution in [2.75, 3.05) is 18.4 Å². The van der Waals surface area contributed by atoms with Crippen LogP contribution >= 0.6 is 0 Å². The zero-order chi connectivity index (χ0) is 20.4. The van der Waals surface area contributed by atoms with E-state index in [4.69, 9.17) is 4.74 Å². The second kappa shape index (κ2) is 8.01. The molecule has 0 spiro atoms. The van der Waals surface area contributed by atoms with Crippen molar-refractivity contribution < 1.29 is 14.3 Å². The molecule has 1 aliphatic rings. The van der Waals surface area contributed by atoms with E-state index in [1.165, 1.54) is 0 Å². The fourth-order valence-corrected chi connectivity index (χ4v) is 3.78. The minimum Gasteiger partial charge on any atom is -0.372 e. The lowest BCUT2D eigenvalue weighted by Crippen LogP contribution is -2.48. The van der Waals surface area contributed by atoms with E-state index in [2.05, 4.69) is 10.3 Å². The lowest BCUT2D eigenvalue weighted by Gasteiger charge is -2.35. The molecule has 1 aromatic heterocycles. The van der Waals surface area contributed by atoms with Gasteiger partial charge in [-0.1, -0.05) is 24.3 Å². The average Bonchev–Trinajstić information content (AvgIpc) is 2.72. The molecule has 0 saturated carbocycles. The number of pyridine rings is 1. The van der Waals surface area contributed by atoms with E-state index in [0.717, 1.165) is 10.9 Å². The van der Waals surface area contributed by atoms with E-state index in [1.54, 1.807) is 47.5 Å². The molecule has 2 atom stereocenters. The Bertz CT molecular complexity index is 1050. The van der Waals surface area contributed by atoms with Gasteiger partial charge in [0.1, 0.15) is 0 Å². The maximum Gasteiger partial charge on any atom is 0.256 e. The van der Waals surface area contributed by atoms with Gasteiger partial charge in [0.25, 0.3) is 11.8 Å². The summed E-state index contributed by atoms with van der Waals surface area (Å²) in [4.78, 5) is 32.2. The summed E-state index contributed by atoms with van der Waals surface area (Å²) < 4.78 is 5.73. The SMILES string of the molecule is C[C@H]1CN(C(=O)c2ccccc2NC(=O)c2cccc3ncccc23)C[C@H](C)O1. The minimum absolute atomic E-state index is 0.0207. The number of para-hydroxylation sites is 1. The van der Waals surface area contributed by atoms with Gasteiger partial charge < -0.3 is 15.0 Å². The smallest absolute Gasteiger partial charge is 0.256 e. The molecule has 2 heterocycles. The number of fused-ring (bicyclic) bond motifs is 1. The lowest BCUT2D eigenvalue weighted by molar-refractivity contribution is -0.0585. The number of nitrogens with one attached hydrogen (secondary N) is 1. The molecule has 0 bridgehead atoms. The maximum atomic E-state index is 13.2. The van der Waals surface area contributed by atoms with Crippen LogP contribution in [0.5, 0.6) is 0 Å². The Morgan fingerprint density at radius 2 is 1.69 bits per heavy atom. The second-order valence-corrected chi connectivity index (χ2v) is 7.34. The van der Waals surface area contributed by atoms with E-state index >= 15 is 0 Å². The van der Waals surface area contributed by atoms with Gasteiger partial charge in [0.15, 0.2) is 0 Å². The van der Waals surface area contributed by atoms with Crippen molar-refractivity contribution in [1.29, 1.82) is 0 Å². The predicted octanol–water partition coefficient (Wildman–Crippen LogP) is 3.74. The molecule has 1 aliphatic heterocycles. The summed E-state index contributed by atoms with van der Waals surface area (Å²) in [6, 6.07) is 16.2. The number of rotatable bonds is 3. The molecule has 4 rings (SSSR count). The van der Waals surface area contributed by atoms with Crippen molar-refractivity contribution in [2.24, 2.45) is 0 Å². The van der Waals surface area contributed by atoms with Gasteiger partial charge in [-0.05, 0) is 44.2 Å². The molecular formula is C23H23N3O3. The Morgan fingerprint density at radius 1 is 0.966 bits per heavy atom. The van der Waals surface area contributed by atoms with Gasteiger partial charge in [0.05, 0.1) is 29.0 Å². The summed E-state index contributed by atoms with van der Waals surface area (Å²) in [5.74, 6) is -0.380. The number of carbonyl (C=O) groups is 2. The number of hydrogen-bond donors (Lipinski definition) is 1. The molecule has 6 heteroatoms. The van der Waals surface area contributed by atoms with Crippen molar-refractivity contribution in [3.63, 3.8) is 0 Å². The van der Waals surface area contributed by atoms with Crippen LogP contribution < -0.4 is 5.32 Å². The van der Waals surface area contributed by atoms with Crippen LogP contribution in [0.4, 0.5) is 5.69 Å². The standard InChI is InChI=1S/C23H23N3O3/c1-15-13-26(14-16(2)29-15)23(28)19-7-3-4-10-21(19)25-22(27)18-8-5-11-20-17(18)9-6-12-24-20/h3-12,15-16H,13-14H2,1-2H3,(H,25,27)/t15-,16-/m0/s1. The van der Waals surface area contributed by atoms with Crippen LogP contribution in [0, 0.1) is 0 Å². The first-order valence-electron chi connectivity index (χ1n) is 9.72. The monoisotopic (exact) mass is 389 g/mol. The summed E-state index contributed by atoms with van der Waals surface area (Å²) in [7, 11) is 0. The number of ether oxygens (including phenoxy) is 1. The van der Waals surface area contributed by atoms with Gasteiger partial charge >= 0.3 is 0 Å². The van der Waals surface area contributed by atoms with Gasteiger partial charge in [-0.2, -0.15) is 0 Å². The minimum atomic E-state index is -0.271. The molecule has 0 aliphatic carbocycles. The number of aromatic nitrogens is 1. The average molecular weight is 389 g/mol. The number of carbonyl (C=O) groups excluding carboxylic acids is 2. The normalized spacial score (nSPS) is 19.2. The zero-order valence-corrected chi connectivity index (χ0v) is 16.5. The summed E-state index contributed by atoms with van der Waals surface area (Å²) in [5, 5.41) is 3.69. The zero-order valence-electron chi connectivity index (χ0n) is 16.5. The van der Waals surface area contributed by atoms with Gasteiger partial charge in [-0.3, -0.25) is 14.6 Å². The van der Waals surface area contributed by atoms with Gasteiger partial charge in [0, 0.05) is 30.2 Å². The fourth-order valence-electron chi connectivity index (χ4n) is 3.78. The molecule has 0 unspecified atom stereocenters. The van der Waals surface area contributed by atoms with Crippen LogP contribution in [0.2, 0.25) is 0 Å². The lowest BCUT2D eigenvalue weighted by atomic mass is 10.1. The van der Waals surface area contributed by atoms with Crippen LogP contribution in [0.1, 0.15) is 34.6 Å². The Kier molecular flexibility index (Phi) is 5.27. The number of nitrogens with zero attached hydrogens (tertiary/aromatic N) is 2. The highest BCUT2D eigenvalue weighted by molar-refractivity contribution is 6.14.